The van der Waals surface area contributed by atoms with Crippen molar-refractivity contribution in [2.24, 2.45) is 0 Å². The van der Waals surface area contributed by atoms with Crippen molar-refractivity contribution < 1.29 is 4.42 Å². The number of anilines is 1. The van der Waals surface area contributed by atoms with Crippen molar-refractivity contribution in [2.75, 3.05) is 11.4 Å². The highest BCUT2D eigenvalue weighted by Gasteiger charge is 2.23. The molecule has 4 heteroatoms. The molecule has 4 nitrogen and oxygen atoms in total. The molecular formula is C21H19N3O. The van der Waals surface area contributed by atoms with Gasteiger partial charge in [-0.3, -0.25) is 0 Å². The molecule has 124 valence electrons. The first-order valence-corrected chi connectivity index (χ1v) is 8.83. The van der Waals surface area contributed by atoms with Crippen molar-refractivity contribution in [3.63, 3.8) is 0 Å². The Hall–Kier alpha value is -2.88. The van der Waals surface area contributed by atoms with Gasteiger partial charge in [0, 0.05) is 24.9 Å². The Morgan fingerprint density at radius 1 is 1.00 bits per heavy atom. The van der Waals surface area contributed by atoms with Crippen molar-refractivity contribution in [3.8, 4) is 0 Å². The summed E-state index contributed by atoms with van der Waals surface area (Å²) in [4.78, 5) is 11.9. The molecule has 0 unspecified atom stereocenters. The third-order valence-electron chi connectivity index (χ3n) is 4.99. The van der Waals surface area contributed by atoms with Crippen LogP contribution in [0.5, 0.6) is 0 Å². The number of hydrogen-bond donors (Lipinski definition) is 0. The molecule has 0 fully saturated rings. The Bertz CT molecular complexity index is 1080. The highest BCUT2D eigenvalue weighted by Crippen LogP contribution is 2.34. The minimum atomic E-state index is 0.804. The van der Waals surface area contributed by atoms with Crippen molar-refractivity contribution in [1.82, 2.24) is 9.97 Å². The van der Waals surface area contributed by atoms with Gasteiger partial charge in [-0.15, -0.1) is 0 Å². The maximum Gasteiger partial charge on any atom is 0.196 e. The summed E-state index contributed by atoms with van der Waals surface area (Å²) < 4.78 is 6.16. The predicted molar refractivity (Wildman–Crippen MR) is 99.9 cm³/mol. The van der Waals surface area contributed by atoms with Gasteiger partial charge in [-0.1, -0.05) is 43.3 Å². The fraction of sp³-hybridized carbons (Fsp3) is 0.238. The molecule has 0 atom stereocenters. The van der Waals surface area contributed by atoms with Gasteiger partial charge in [0.15, 0.2) is 11.4 Å². The molecule has 1 aliphatic heterocycles. The summed E-state index contributed by atoms with van der Waals surface area (Å²) in [6, 6.07) is 16.8. The number of furan rings is 1. The van der Waals surface area contributed by atoms with Crippen molar-refractivity contribution in [1.29, 1.82) is 0 Å². The number of hydrogen-bond acceptors (Lipinski definition) is 4. The largest absolute Gasteiger partial charge is 0.450 e. The van der Waals surface area contributed by atoms with E-state index in [2.05, 4.69) is 42.2 Å². The van der Waals surface area contributed by atoms with Crippen LogP contribution in [0.2, 0.25) is 0 Å². The van der Waals surface area contributed by atoms with Crippen LogP contribution in [0.15, 0.2) is 52.9 Å². The van der Waals surface area contributed by atoms with Gasteiger partial charge in [-0.05, 0) is 29.7 Å². The first kappa shape index (κ1) is 14.5. The summed E-state index contributed by atoms with van der Waals surface area (Å²) in [6.45, 7) is 3.91. The molecule has 0 bridgehead atoms. The Morgan fingerprint density at radius 2 is 1.80 bits per heavy atom. The van der Waals surface area contributed by atoms with Gasteiger partial charge < -0.3 is 9.32 Å². The standard InChI is InChI=1S/C21H19N3O/c1-2-18-22-19-16-9-5-6-10-17(16)25-20(19)21(23-18)24-12-11-14-7-3-4-8-15(14)13-24/h3-10H,2,11-13H2,1H3. The van der Waals surface area contributed by atoms with E-state index in [0.29, 0.717) is 0 Å². The topological polar surface area (TPSA) is 42.2 Å². The second-order valence-electron chi connectivity index (χ2n) is 6.53. The summed E-state index contributed by atoms with van der Waals surface area (Å²) in [5, 5.41) is 1.06. The summed E-state index contributed by atoms with van der Waals surface area (Å²) in [5.74, 6) is 1.79. The van der Waals surface area contributed by atoms with E-state index in [1.165, 1.54) is 11.1 Å². The number of nitrogens with zero attached hydrogens (tertiary/aromatic N) is 3. The second kappa shape index (κ2) is 5.59. The molecule has 0 amide bonds. The molecule has 4 aromatic rings. The van der Waals surface area contributed by atoms with Crippen LogP contribution in [0, 0.1) is 0 Å². The number of aryl methyl sites for hydroxylation is 1. The van der Waals surface area contributed by atoms with E-state index in [1.807, 2.05) is 18.2 Å². The third kappa shape index (κ3) is 2.29. The van der Waals surface area contributed by atoms with Gasteiger partial charge >= 0.3 is 0 Å². The summed E-state index contributed by atoms with van der Waals surface area (Å²) in [7, 11) is 0. The maximum absolute atomic E-state index is 6.16. The van der Waals surface area contributed by atoms with Gasteiger partial charge in [0.05, 0.1) is 0 Å². The van der Waals surface area contributed by atoms with Crippen LogP contribution in [0.3, 0.4) is 0 Å². The molecule has 3 heterocycles. The highest BCUT2D eigenvalue weighted by atomic mass is 16.3. The molecule has 5 rings (SSSR count). The van der Waals surface area contributed by atoms with Crippen LogP contribution in [0.1, 0.15) is 23.9 Å². The summed E-state index contributed by atoms with van der Waals surface area (Å²) in [5.41, 5.74) is 5.41. The zero-order chi connectivity index (χ0) is 16.8. The zero-order valence-electron chi connectivity index (χ0n) is 14.2. The molecule has 0 N–H and O–H groups in total. The molecule has 2 aromatic carbocycles. The molecule has 0 spiro atoms. The van der Waals surface area contributed by atoms with E-state index < -0.39 is 0 Å². The minimum Gasteiger partial charge on any atom is -0.450 e. The number of para-hydroxylation sites is 1. The number of rotatable bonds is 2. The summed E-state index contributed by atoms with van der Waals surface area (Å²) >= 11 is 0. The fourth-order valence-corrected chi connectivity index (χ4v) is 3.67. The number of fused-ring (bicyclic) bond motifs is 4. The van der Waals surface area contributed by atoms with Gasteiger partial charge in [-0.25, -0.2) is 9.97 Å². The van der Waals surface area contributed by atoms with Crippen molar-refractivity contribution in [2.45, 2.75) is 26.3 Å². The number of aromatic nitrogens is 2. The SMILES string of the molecule is CCc1nc(N2CCc3ccccc3C2)c2oc3ccccc3c2n1. The molecule has 0 saturated heterocycles. The Balaban J connectivity index is 1.70. The van der Waals surface area contributed by atoms with Crippen LogP contribution in [-0.4, -0.2) is 16.5 Å². The van der Waals surface area contributed by atoms with E-state index in [0.717, 1.165) is 59.6 Å². The van der Waals surface area contributed by atoms with Gasteiger partial charge in [0.1, 0.15) is 16.9 Å². The molecular weight excluding hydrogens is 310 g/mol. The molecule has 1 aliphatic rings. The minimum absolute atomic E-state index is 0.804. The van der Waals surface area contributed by atoms with Gasteiger partial charge in [-0.2, -0.15) is 0 Å². The van der Waals surface area contributed by atoms with Crippen LogP contribution in [0.25, 0.3) is 22.1 Å². The van der Waals surface area contributed by atoms with Gasteiger partial charge in [0.25, 0.3) is 0 Å². The number of benzene rings is 2. The first-order valence-electron chi connectivity index (χ1n) is 8.83. The van der Waals surface area contributed by atoms with Crippen molar-refractivity contribution >= 4 is 27.9 Å². The highest BCUT2D eigenvalue weighted by molar-refractivity contribution is 6.05. The predicted octanol–water partition coefficient (Wildman–Crippen LogP) is 4.50. The monoisotopic (exact) mass is 329 g/mol. The third-order valence-corrected chi connectivity index (χ3v) is 4.99. The first-order chi connectivity index (χ1) is 12.3. The van der Waals surface area contributed by atoms with E-state index in [9.17, 15) is 0 Å². The van der Waals surface area contributed by atoms with Crippen molar-refractivity contribution in [3.05, 3.63) is 65.5 Å². The van der Waals surface area contributed by atoms with E-state index in [-0.39, 0.29) is 0 Å². The normalized spacial score (nSPS) is 14.2. The average molecular weight is 329 g/mol. The molecule has 25 heavy (non-hydrogen) atoms. The smallest absolute Gasteiger partial charge is 0.196 e. The van der Waals surface area contributed by atoms with E-state index >= 15 is 0 Å². The van der Waals surface area contributed by atoms with Crippen LogP contribution < -0.4 is 4.90 Å². The lowest BCUT2D eigenvalue weighted by Gasteiger charge is -2.29. The van der Waals surface area contributed by atoms with E-state index in [4.69, 9.17) is 14.4 Å². The molecule has 0 aliphatic carbocycles. The van der Waals surface area contributed by atoms with E-state index in [1.54, 1.807) is 0 Å². The maximum atomic E-state index is 6.16. The Kier molecular flexibility index (Phi) is 3.23. The quantitative estimate of drug-likeness (QED) is 0.543. The molecule has 0 radical (unpaired) electrons. The Morgan fingerprint density at radius 3 is 2.68 bits per heavy atom. The average Bonchev–Trinajstić information content (AvgIpc) is 3.05. The van der Waals surface area contributed by atoms with Crippen LogP contribution in [0.4, 0.5) is 5.82 Å². The second-order valence-corrected chi connectivity index (χ2v) is 6.53. The lowest BCUT2D eigenvalue weighted by atomic mass is 10.00. The lowest BCUT2D eigenvalue weighted by molar-refractivity contribution is 0.650. The Labute approximate surface area is 146 Å². The summed E-state index contributed by atoms with van der Waals surface area (Å²) in [6.07, 6.45) is 1.84. The zero-order valence-corrected chi connectivity index (χ0v) is 14.2. The van der Waals surface area contributed by atoms with Crippen LogP contribution in [-0.2, 0) is 19.4 Å². The fourth-order valence-electron chi connectivity index (χ4n) is 3.67. The van der Waals surface area contributed by atoms with Crippen LogP contribution >= 0.6 is 0 Å². The van der Waals surface area contributed by atoms with Gasteiger partial charge in [0.2, 0.25) is 0 Å². The molecule has 2 aromatic heterocycles. The lowest BCUT2D eigenvalue weighted by Crippen LogP contribution is -2.31. The molecule has 0 saturated carbocycles.